The van der Waals surface area contributed by atoms with Crippen molar-refractivity contribution in [2.45, 2.75) is 12.5 Å². The second-order valence-corrected chi connectivity index (χ2v) is 7.28. The molecule has 1 atom stereocenters. The van der Waals surface area contributed by atoms with Gasteiger partial charge in [0.05, 0.1) is 12.2 Å². The quantitative estimate of drug-likeness (QED) is 0.538. The first-order valence-electron chi connectivity index (χ1n) is 9.78. The number of carbonyl (C=O) groups excluding carboxylic acids is 1. The van der Waals surface area contributed by atoms with Crippen molar-refractivity contribution in [1.82, 2.24) is 24.5 Å². The summed E-state index contributed by atoms with van der Waals surface area (Å²) < 4.78 is 3.92. The van der Waals surface area contributed by atoms with Gasteiger partial charge in [-0.1, -0.05) is 35.5 Å². The van der Waals surface area contributed by atoms with Crippen LogP contribution in [0, 0.1) is 0 Å². The number of likely N-dealkylation sites (tertiary alicyclic amines) is 1. The first-order valence-corrected chi connectivity index (χ1v) is 9.78. The van der Waals surface area contributed by atoms with Crippen LogP contribution in [-0.2, 0) is 0 Å². The van der Waals surface area contributed by atoms with Gasteiger partial charge in [0.25, 0.3) is 5.91 Å². The van der Waals surface area contributed by atoms with E-state index in [0.29, 0.717) is 12.1 Å². The first-order chi connectivity index (χ1) is 14.3. The van der Waals surface area contributed by atoms with E-state index >= 15 is 0 Å². The van der Waals surface area contributed by atoms with Gasteiger partial charge in [-0.15, -0.1) is 5.10 Å². The summed E-state index contributed by atoms with van der Waals surface area (Å²) >= 11 is 0. The number of benzene rings is 2. The average molecular weight is 383 g/mol. The molecule has 6 heteroatoms. The number of nitrogens with zero attached hydrogens (tertiary/aromatic N) is 5. The van der Waals surface area contributed by atoms with Gasteiger partial charge in [-0.25, -0.2) is 4.68 Å². The molecule has 1 amide bonds. The zero-order chi connectivity index (χ0) is 19.6. The summed E-state index contributed by atoms with van der Waals surface area (Å²) in [5.74, 6) is 0.0648. The number of hydrogen-bond acceptors (Lipinski definition) is 3. The van der Waals surface area contributed by atoms with Crippen LogP contribution in [0.1, 0.15) is 22.8 Å². The van der Waals surface area contributed by atoms with E-state index in [0.717, 1.165) is 29.9 Å². The molecule has 1 fully saturated rings. The molecule has 2 aromatic heterocycles. The van der Waals surface area contributed by atoms with Gasteiger partial charge in [-0.05, 0) is 42.8 Å². The molecular formula is C23H21N5O. The fourth-order valence-corrected chi connectivity index (χ4v) is 3.80. The molecule has 6 nitrogen and oxygen atoms in total. The molecule has 0 radical (unpaired) electrons. The third kappa shape index (κ3) is 3.45. The molecule has 0 bridgehead atoms. The number of hydrogen-bond donors (Lipinski definition) is 0. The topological polar surface area (TPSA) is 56.0 Å². The van der Waals surface area contributed by atoms with Crippen LogP contribution in [0.25, 0.3) is 16.9 Å². The van der Waals surface area contributed by atoms with Crippen LogP contribution in [0.5, 0.6) is 0 Å². The Labute approximate surface area is 169 Å². The van der Waals surface area contributed by atoms with Crippen molar-refractivity contribution in [3.8, 4) is 16.9 Å². The molecule has 4 aromatic rings. The highest BCUT2D eigenvalue weighted by Crippen LogP contribution is 2.25. The molecule has 2 aromatic carbocycles. The molecule has 1 aliphatic rings. The molecule has 1 unspecified atom stereocenters. The largest absolute Gasteiger partial charge is 0.336 e. The summed E-state index contributed by atoms with van der Waals surface area (Å²) in [7, 11) is 0. The van der Waals surface area contributed by atoms with Gasteiger partial charge in [0.15, 0.2) is 0 Å². The molecular weight excluding hydrogens is 362 g/mol. The lowest BCUT2D eigenvalue weighted by Crippen LogP contribution is -2.29. The monoisotopic (exact) mass is 383 g/mol. The summed E-state index contributed by atoms with van der Waals surface area (Å²) in [5, 5.41) is 8.61. The number of rotatable bonds is 4. The summed E-state index contributed by atoms with van der Waals surface area (Å²) in [6, 6.07) is 21.9. The Morgan fingerprint density at radius 2 is 1.69 bits per heavy atom. The van der Waals surface area contributed by atoms with Gasteiger partial charge in [0.2, 0.25) is 0 Å². The van der Waals surface area contributed by atoms with Crippen molar-refractivity contribution in [3.05, 3.63) is 90.9 Å². The Hall–Kier alpha value is -3.67. The number of amides is 1. The van der Waals surface area contributed by atoms with Crippen LogP contribution < -0.4 is 0 Å². The predicted octanol–water partition coefficient (Wildman–Crippen LogP) is 3.82. The van der Waals surface area contributed by atoms with Crippen molar-refractivity contribution < 1.29 is 4.79 Å². The van der Waals surface area contributed by atoms with Crippen LogP contribution in [0.4, 0.5) is 0 Å². The molecule has 5 rings (SSSR count). The summed E-state index contributed by atoms with van der Waals surface area (Å²) in [5.41, 5.74) is 3.66. The lowest BCUT2D eigenvalue weighted by Gasteiger charge is -2.17. The maximum Gasteiger partial charge on any atom is 0.253 e. The Morgan fingerprint density at radius 3 is 2.45 bits per heavy atom. The van der Waals surface area contributed by atoms with E-state index in [1.807, 2.05) is 99.5 Å². The van der Waals surface area contributed by atoms with Crippen molar-refractivity contribution in [3.63, 3.8) is 0 Å². The fraction of sp³-hybridized carbons (Fsp3) is 0.174. The molecule has 0 spiro atoms. The summed E-state index contributed by atoms with van der Waals surface area (Å²) in [6.45, 7) is 1.37. The zero-order valence-corrected chi connectivity index (χ0v) is 15.9. The Morgan fingerprint density at radius 1 is 0.931 bits per heavy atom. The average Bonchev–Trinajstić information content (AvgIpc) is 3.55. The smallest absolute Gasteiger partial charge is 0.253 e. The Balaban J connectivity index is 1.27. The van der Waals surface area contributed by atoms with Crippen molar-refractivity contribution in [2.24, 2.45) is 0 Å². The SMILES string of the molecule is O=C(c1ccc(-n2cccc2)cc1)N1CCC(n2cc(-c3ccccc3)nn2)C1. The van der Waals surface area contributed by atoms with E-state index in [4.69, 9.17) is 0 Å². The van der Waals surface area contributed by atoms with E-state index in [2.05, 4.69) is 10.3 Å². The molecule has 29 heavy (non-hydrogen) atoms. The number of aromatic nitrogens is 4. The molecule has 1 aliphatic heterocycles. The minimum absolute atomic E-state index is 0.0648. The molecule has 0 N–H and O–H groups in total. The minimum Gasteiger partial charge on any atom is -0.336 e. The van der Waals surface area contributed by atoms with Crippen molar-refractivity contribution >= 4 is 5.91 Å². The maximum absolute atomic E-state index is 12.9. The van der Waals surface area contributed by atoms with Gasteiger partial charge >= 0.3 is 0 Å². The van der Waals surface area contributed by atoms with E-state index in [1.165, 1.54) is 0 Å². The zero-order valence-electron chi connectivity index (χ0n) is 15.9. The van der Waals surface area contributed by atoms with E-state index in [1.54, 1.807) is 0 Å². The lowest BCUT2D eigenvalue weighted by molar-refractivity contribution is 0.0787. The molecule has 0 aliphatic carbocycles. The molecule has 0 saturated carbocycles. The lowest BCUT2D eigenvalue weighted by atomic mass is 10.2. The standard InChI is InChI=1S/C23H21N5O/c29-23(19-8-10-20(11-9-19)26-13-4-5-14-26)27-15-12-21(16-27)28-17-22(24-25-28)18-6-2-1-3-7-18/h1-11,13-14,17,21H,12,15-16H2. The van der Waals surface area contributed by atoms with Crippen LogP contribution in [0.3, 0.4) is 0 Å². The van der Waals surface area contributed by atoms with Crippen molar-refractivity contribution in [1.29, 1.82) is 0 Å². The Kier molecular flexibility index (Phi) is 4.44. The molecule has 1 saturated heterocycles. The van der Waals surface area contributed by atoms with Crippen LogP contribution in [0.15, 0.2) is 85.3 Å². The summed E-state index contributed by atoms with van der Waals surface area (Å²) in [4.78, 5) is 14.8. The van der Waals surface area contributed by atoms with Crippen LogP contribution in [0.2, 0.25) is 0 Å². The minimum atomic E-state index is 0.0648. The first kappa shape index (κ1) is 17.4. The van der Waals surface area contributed by atoms with E-state index < -0.39 is 0 Å². The number of carbonyl (C=O) groups is 1. The maximum atomic E-state index is 12.9. The predicted molar refractivity (Wildman–Crippen MR) is 111 cm³/mol. The third-order valence-corrected chi connectivity index (χ3v) is 5.42. The highest BCUT2D eigenvalue weighted by Gasteiger charge is 2.29. The Bertz CT molecular complexity index is 1100. The van der Waals surface area contributed by atoms with Gasteiger partial charge in [0.1, 0.15) is 5.69 Å². The van der Waals surface area contributed by atoms with Gasteiger partial charge in [-0.2, -0.15) is 0 Å². The molecule has 144 valence electrons. The highest BCUT2D eigenvalue weighted by molar-refractivity contribution is 5.94. The van der Waals surface area contributed by atoms with Crippen LogP contribution in [-0.4, -0.2) is 43.5 Å². The fourth-order valence-electron chi connectivity index (χ4n) is 3.80. The molecule has 3 heterocycles. The van der Waals surface area contributed by atoms with E-state index in [-0.39, 0.29) is 11.9 Å². The normalized spacial score (nSPS) is 16.3. The highest BCUT2D eigenvalue weighted by atomic mass is 16.2. The van der Waals surface area contributed by atoms with Crippen molar-refractivity contribution in [2.75, 3.05) is 13.1 Å². The summed E-state index contributed by atoms with van der Waals surface area (Å²) in [6.07, 6.45) is 6.83. The second-order valence-electron chi connectivity index (χ2n) is 7.28. The third-order valence-electron chi connectivity index (χ3n) is 5.42. The van der Waals surface area contributed by atoms with E-state index in [9.17, 15) is 4.79 Å². The van der Waals surface area contributed by atoms with Crippen LogP contribution >= 0.6 is 0 Å². The second kappa shape index (κ2) is 7.39. The van der Waals surface area contributed by atoms with Gasteiger partial charge < -0.3 is 9.47 Å². The van der Waals surface area contributed by atoms with Gasteiger partial charge in [-0.3, -0.25) is 4.79 Å². The van der Waals surface area contributed by atoms with Gasteiger partial charge in [0, 0.05) is 42.3 Å².